The van der Waals surface area contributed by atoms with Crippen molar-refractivity contribution in [3.05, 3.63) is 107 Å². The summed E-state index contributed by atoms with van der Waals surface area (Å²) in [4.78, 5) is 7.63. The van der Waals surface area contributed by atoms with Gasteiger partial charge < -0.3 is 4.57 Å². The van der Waals surface area contributed by atoms with Crippen molar-refractivity contribution < 1.29 is 0 Å². The Morgan fingerprint density at radius 2 is 1.59 bits per heavy atom. The molecule has 0 aliphatic rings. The maximum atomic E-state index is 8.98. The van der Waals surface area contributed by atoms with Gasteiger partial charge in [0.1, 0.15) is 0 Å². The lowest BCUT2D eigenvalue weighted by atomic mass is 10.0. The molecule has 0 aliphatic heterocycles. The predicted octanol–water partition coefficient (Wildman–Crippen LogP) is 6.21. The molecule has 0 N–H and O–H groups in total. The van der Waals surface area contributed by atoms with Gasteiger partial charge in [0.2, 0.25) is 0 Å². The summed E-state index contributed by atoms with van der Waals surface area (Å²) in [5, 5.41) is 3.87. The molecule has 0 unspecified atom stereocenters. The van der Waals surface area contributed by atoms with Gasteiger partial charge in [0.25, 0.3) is 0 Å². The molecule has 0 spiro atoms. The summed E-state index contributed by atoms with van der Waals surface area (Å²) in [5.41, 5.74) is 14.0. The van der Waals surface area contributed by atoms with Crippen LogP contribution < -0.4 is 0 Å². The van der Waals surface area contributed by atoms with E-state index in [2.05, 4.69) is 26.9 Å². The Labute approximate surface area is 168 Å². The molecule has 4 rings (SSSR count). The van der Waals surface area contributed by atoms with Crippen LogP contribution in [0, 0.1) is 11.8 Å². The van der Waals surface area contributed by atoms with E-state index in [9.17, 15) is 0 Å². The van der Waals surface area contributed by atoms with E-state index in [0.717, 1.165) is 28.1 Å². The highest BCUT2D eigenvalue weighted by Gasteiger charge is 2.16. The van der Waals surface area contributed by atoms with E-state index in [1.165, 1.54) is 0 Å². The smallest absolute Gasteiger partial charge is 0.0967 e. The van der Waals surface area contributed by atoms with Gasteiger partial charge in [-0.2, -0.15) is 0 Å². The third-order valence-corrected chi connectivity index (χ3v) is 4.45. The van der Waals surface area contributed by atoms with Crippen molar-refractivity contribution in [2.45, 2.75) is 6.54 Å². The molecule has 1 aromatic heterocycles. The molecule has 0 fully saturated rings. The van der Waals surface area contributed by atoms with E-state index < -0.39 is 0 Å². The Kier molecular flexibility index (Phi) is 5.39. The van der Waals surface area contributed by atoms with Crippen LogP contribution in [0.3, 0.4) is 0 Å². The average Bonchev–Trinajstić information content (AvgIpc) is 3.19. The van der Waals surface area contributed by atoms with Crippen LogP contribution in [0.25, 0.3) is 33.0 Å². The molecule has 4 aromatic rings. The number of rotatable bonds is 4. The molecular weight excluding hydrogens is 358 g/mol. The first kappa shape index (κ1) is 18.1. The van der Waals surface area contributed by atoms with Gasteiger partial charge in [0, 0.05) is 27.3 Å². The van der Waals surface area contributed by atoms with Gasteiger partial charge in [0.05, 0.1) is 24.3 Å². The zero-order valence-electron chi connectivity index (χ0n) is 15.6. The lowest BCUT2D eigenvalue weighted by molar-refractivity contribution is 0.848. The second kappa shape index (κ2) is 8.62. The van der Waals surface area contributed by atoms with Crippen LogP contribution in [0.15, 0.2) is 96.4 Å². The minimum Gasteiger partial charge on any atom is -0.318 e. The van der Waals surface area contributed by atoms with Crippen LogP contribution >= 0.6 is 0 Å². The van der Waals surface area contributed by atoms with Gasteiger partial charge >= 0.3 is 0 Å². The van der Waals surface area contributed by atoms with Crippen molar-refractivity contribution in [1.29, 1.82) is 0 Å². The number of nitrogens with zero attached hydrogens (tertiary/aromatic N) is 5. The maximum absolute atomic E-state index is 8.98. The SMILES string of the molecule is [N-]=[N+]=Nc1ccccc1-c1c(-c2ccccc2)ncn1CC#Cc1ccccc1. The van der Waals surface area contributed by atoms with Crippen molar-refractivity contribution in [2.75, 3.05) is 0 Å². The molecule has 0 saturated carbocycles. The second-order valence-corrected chi connectivity index (χ2v) is 6.31. The van der Waals surface area contributed by atoms with Gasteiger partial charge in [0.15, 0.2) is 0 Å². The highest BCUT2D eigenvalue weighted by Crippen LogP contribution is 2.36. The summed E-state index contributed by atoms with van der Waals surface area (Å²) in [6.45, 7) is 0.467. The van der Waals surface area contributed by atoms with Crippen LogP contribution in [-0.2, 0) is 6.54 Å². The molecular formula is C24H17N5. The van der Waals surface area contributed by atoms with Gasteiger partial charge in [-0.15, -0.1) is 0 Å². The lowest BCUT2D eigenvalue weighted by Crippen LogP contribution is -1.98. The Morgan fingerprint density at radius 3 is 2.34 bits per heavy atom. The van der Waals surface area contributed by atoms with E-state index in [1.807, 2.05) is 83.4 Å². The summed E-state index contributed by atoms with van der Waals surface area (Å²) in [7, 11) is 0. The molecule has 0 aliphatic carbocycles. The number of hydrogen-bond donors (Lipinski definition) is 0. The molecule has 0 radical (unpaired) electrons. The molecule has 29 heavy (non-hydrogen) atoms. The fraction of sp³-hybridized carbons (Fsp3) is 0.0417. The largest absolute Gasteiger partial charge is 0.318 e. The molecule has 3 aromatic carbocycles. The van der Waals surface area contributed by atoms with Crippen LogP contribution in [0.2, 0.25) is 0 Å². The van der Waals surface area contributed by atoms with Crippen LogP contribution in [-0.4, -0.2) is 9.55 Å². The Bertz CT molecular complexity index is 1220. The zero-order chi connectivity index (χ0) is 19.9. The molecule has 1 heterocycles. The number of benzene rings is 3. The van der Waals surface area contributed by atoms with Crippen LogP contribution in [0.1, 0.15) is 5.56 Å². The van der Waals surface area contributed by atoms with Gasteiger partial charge in [-0.3, -0.25) is 0 Å². The number of imidazole rings is 1. The van der Waals surface area contributed by atoms with Crippen molar-refractivity contribution >= 4 is 5.69 Å². The summed E-state index contributed by atoms with van der Waals surface area (Å²) < 4.78 is 1.99. The predicted molar refractivity (Wildman–Crippen MR) is 115 cm³/mol. The lowest BCUT2D eigenvalue weighted by Gasteiger charge is -2.11. The molecule has 0 bridgehead atoms. The summed E-state index contributed by atoms with van der Waals surface area (Å²) in [6, 6.07) is 27.3. The maximum Gasteiger partial charge on any atom is 0.0967 e. The quantitative estimate of drug-likeness (QED) is 0.181. The van der Waals surface area contributed by atoms with E-state index in [4.69, 9.17) is 5.53 Å². The van der Waals surface area contributed by atoms with Gasteiger partial charge in [-0.25, -0.2) is 4.98 Å². The molecule has 138 valence electrons. The molecule has 5 nitrogen and oxygen atoms in total. The Hall–Kier alpha value is -4.26. The third kappa shape index (κ3) is 4.03. The molecule has 0 saturated heterocycles. The van der Waals surface area contributed by atoms with Crippen molar-refractivity contribution in [1.82, 2.24) is 9.55 Å². The zero-order valence-corrected chi connectivity index (χ0v) is 15.6. The Morgan fingerprint density at radius 1 is 0.897 bits per heavy atom. The van der Waals surface area contributed by atoms with Crippen molar-refractivity contribution in [3.63, 3.8) is 0 Å². The second-order valence-electron chi connectivity index (χ2n) is 6.31. The highest BCUT2D eigenvalue weighted by molar-refractivity contribution is 5.84. The number of hydrogen-bond acceptors (Lipinski definition) is 2. The Balaban J connectivity index is 1.82. The summed E-state index contributed by atoms with van der Waals surface area (Å²) in [5.74, 6) is 6.39. The molecule has 0 atom stereocenters. The third-order valence-electron chi connectivity index (χ3n) is 4.45. The van der Waals surface area contributed by atoms with Crippen LogP contribution in [0.5, 0.6) is 0 Å². The van der Waals surface area contributed by atoms with Crippen molar-refractivity contribution in [2.24, 2.45) is 5.11 Å². The van der Waals surface area contributed by atoms with Gasteiger partial charge in [-0.05, 0) is 17.7 Å². The standard InChI is InChI=1S/C24H17N5/c25-28-27-22-16-8-7-15-21(22)24-23(20-13-5-2-6-14-20)26-18-29(24)17-9-12-19-10-3-1-4-11-19/h1-8,10-11,13-16,18H,17H2. The van der Waals surface area contributed by atoms with E-state index in [-0.39, 0.29) is 0 Å². The molecule has 5 heteroatoms. The molecule has 0 amide bonds. The normalized spacial score (nSPS) is 9.93. The minimum atomic E-state index is 0.467. The summed E-state index contributed by atoms with van der Waals surface area (Å²) >= 11 is 0. The number of azide groups is 1. The monoisotopic (exact) mass is 375 g/mol. The van der Waals surface area contributed by atoms with E-state index >= 15 is 0 Å². The van der Waals surface area contributed by atoms with Gasteiger partial charge in [-0.1, -0.05) is 89.8 Å². The van der Waals surface area contributed by atoms with Crippen molar-refractivity contribution in [3.8, 4) is 34.4 Å². The fourth-order valence-electron chi connectivity index (χ4n) is 3.15. The number of aromatic nitrogens is 2. The van der Waals surface area contributed by atoms with E-state index in [1.54, 1.807) is 12.4 Å². The summed E-state index contributed by atoms with van der Waals surface area (Å²) in [6.07, 6.45) is 1.78. The first-order valence-electron chi connectivity index (χ1n) is 9.16. The topological polar surface area (TPSA) is 66.6 Å². The van der Waals surface area contributed by atoms with E-state index in [0.29, 0.717) is 12.2 Å². The van der Waals surface area contributed by atoms with Crippen LogP contribution in [0.4, 0.5) is 5.69 Å². The minimum absolute atomic E-state index is 0.467. The fourth-order valence-corrected chi connectivity index (χ4v) is 3.15. The average molecular weight is 375 g/mol. The first-order chi connectivity index (χ1) is 14.4. The highest BCUT2D eigenvalue weighted by atomic mass is 15.1. The first-order valence-corrected chi connectivity index (χ1v) is 9.16.